The molecule has 0 spiro atoms. The number of piperidine rings is 1. The van der Waals surface area contributed by atoms with Gasteiger partial charge in [0, 0.05) is 33.3 Å². The Morgan fingerprint density at radius 1 is 1.22 bits per heavy atom. The summed E-state index contributed by atoms with van der Waals surface area (Å²) in [5, 5.41) is 0. The zero-order chi connectivity index (χ0) is 22.9. The largest absolute Gasteiger partial charge is 0.493 e. The summed E-state index contributed by atoms with van der Waals surface area (Å²) in [6.45, 7) is 4.16. The van der Waals surface area contributed by atoms with E-state index in [9.17, 15) is 14.0 Å². The molecule has 2 atom stereocenters. The normalized spacial score (nSPS) is 24.1. The average Bonchev–Trinajstić information content (AvgIpc) is 3.68. The number of amides is 2. The van der Waals surface area contributed by atoms with Crippen molar-refractivity contribution < 1.29 is 23.5 Å². The van der Waals surface area contributed by atoms with Gasteiger partial charge in [-0.15, -0.1) is 0 Å². The van der Waals surface area contributed by atoms with Gasteiger partial charge in [-0.2, -0.15) is 0 Å². The number of likely N-dealkylation sites (tertiary alicyclic amines) is 1. The smallest absolute Gasteiger partial charge is 0.410 e. The quantitative estimate of drug-likeness (QED) is 0.599. The molecule has 4 rings (SSSR count). The van der Waals surface area contributed by atoms with Gasteiger partial charge in [0.1, 0.15) is 17.2 Å². The molecule has 1 aromatic rings. The highest BCUT2D eigenvalue weighted by Gasteiger charge is 2.45. The van der Waals surface area contributed by atoms with Gasteiger partial charge >= 0.3 is 6.09 Å². The summed E-state index contributed by atoms with van der Waals surface area (Å²) < 4.78 is 25.6. The van der Waals surface area contributed by atoms with Gasteiger partial charge in [0.25, 0.3) is 0 Å². The third-order valence-corrected chi connectivity index (χ3v) is 7.29. The maximum Gasteiger partial charge on any atom is 0.410 e. The summed E-state index contributed by atoms with van der Waals surface area (Å²) in [6, 6.07) is 4.75. The topological polar surface area (TPSA) is 59.1 Å². The van der Waals surface area contributed by atoms with Gasteiger partial charge in [0.15, 0.2) is 0 Å². The molecule has 1 saturated heterocycles. The number of hydrogen-bond acceptors (Lipinski definition) is 4. The summed E-state index contributed by atoms with van der Waals surface area (Å²) >= 11 is 0. The molecule has 2 saturated carbocycles. The summed E-state index contributed by atoms with van der Waals surface area (Å²) in [6.07, 6.45) is 6.15. The second-order valence-electron chi connectivity index (χ2n) is 10.2. The standard InChI is InChI=1S/C25H35FN2O4/c1-25(9-10-25)32-24(30)28-11-6-17(7-12-28)21-14-18(21)8-13-31-20-5-4-19(22(26)16-20)15-23(29)27(2)3/h4-5,16-18,21H,6-15H2,1-3H3/t18-,21-/m1/s1. The Kier molecular flexibility index (Phi) is 6.63. The predicted molar refractivity (Wildman–Crippen MR) is 119 cm³/mol. The molecule has 1 heterocycles. The highest BCUT2D eigenvalue weighted by molar-refractivity contribution is 5.78. The van der Waals surface area contributed by atoms with Crippen LogP contribution in [0.1, 0.15) is 51.0 Å². The molecule has 6 nitrogen and oxygen atoms in total. The number of nitrogens with zero attached hydrogens (tertiary/aromatic N) is 2. The monoisotopic (exact) mass is 446 g/mol. The number of ether oxygens (including phenoxy) is 2. The highest BCUT2D eigenvalue weighted by Crippen LogP contribution is 2.50. The fraction of sp³-hybridized carbons (Fsp3) is 0.680. The zero-order valence-corrected chi connectivity index (χ0v) is 19.4. The van der Waals surface area contributed by atoms with Crippen molar-refractivity contribution in [3.8, 4) is 5.75 Å². The van der Waals surface area contributed by atoms with Crippen LogP contribution in [0.25, 0.3) is 0 Å². The average molecular weight is 447 g/mol. The lowest BCUT2D eigenvalue weighted by atomic mass is 9.91. The lowest BCUT2D eigenvalue weighted by Gasteiger charge is -2.32. The molecule has 0 bridgehead atoms. The van der Waals surface area contributed by atoms with E-state index in [0.717, 1.165) is 45.2 Å². The van der Waals surface area contributed by atoms with Gasteiger partial charge < -0.3 is 19.3 Å². The lowest BCUT2D eigenvalue weighted by Crippen LogP contribution is -2.40. The van der Waals surface area contributed by atoms with Gasteiger partial charge in [-0.3, -0.25) is 4.79 Å². The van der Waals surface area contributed by atoms with Crippen LogP contribution in [0.4, 0.5) is 9.18 Å². The molecule has 2 amide bonds. The van der Waals surface area contributed by atoms with Crippen LogP contribution in [0.5, 0.6) is 5.75 Å². The number of carbonyl (C=O) groups excluding carboxylic acids is 2. The molecule has 0 unspecified atom stereocenters. The van der Waals surface area contributed by atoms with Crippen molar-refractivity contribution in [1.82, 2.24) is 9.80 Å². The van der Waals surface area contributed by atoms with Crippen LogP contribution in [0.2, 0.25) is 0 Å². The molecule has 0 N–H and O–H groups in total. The van der Waals surface area contributed by atoms with E-state index in [4.69, 9.17) is 9.47 Å². The fourth-order valence-electron chi connectivity index (χ4n) is 4.65. The van der Waals surface area contributed by atoms with Crippen molar-refractivity contribution in [1.29, 1.82) is 0 Å². The number of rotatable bonds is 8. The number of carbonyl (C=O) groups is 2. The van der Waals surface area contributed by atoms with Crippen molar-refractivity contribution in [2.45, 2.75) is 57.5 Å². The molecule has 2 aliphatic carbocycles. The zero-order valence-electron chi connectivity index (χ0n) is 19.4. The molecule has 1 aromatic carbocycles. The second kappa shape index (κ2) is 9.28. The Labute approximate surface area is 190 Å². The molecule has 0 aromatic heterocycles. The molecule has 3 aliphatic rings. The van der Waals surface area contributed by atoms with Crippen molar-refractivity contribution >= 4 is 12.0 Å². The van der Waals surface area contributed by atoms with Crippen molar-refractivity contribution in [3.05, 3.63) is 29.6 Å². The highest BCUT2D eigenvalue weighted by atomic mass is 19.1. The van der Waals surface area contributed by atoms with Crippen LogP contribution < -0.4 is 4.74 Å². The van der Waals surface area contributed by atoms with Crippen LogP contribution in [0.15, 0.2) is 18.2 Å². The Morgan fingerprint density at radius 2 is 1.94 bits per heavy atom. The van der Waals surface area contributed by atoms with E-state index in [1.54, 1.807) is 26.2 Å². The molecule has 3 fully saturated rings. The molecule has 32 heavy (non-hydrogen) atoms. The van der Waals surface area contributed by atoms with E-state index in [1.165, 1.54) is 17.4 Å². The van der Waals surface area contributed by atoms with Gasteiger partial charge in [-0.25, -0.2) is 9.18 Å². The summed E-state index contributed by atoms with van der Waals surface area (Å²) in [5.74, 6) is 2.03. The number of likely N-dealkylation sites (N-methyl/N-ethyl adjacent to an activating group) is 1. The molecular formula is C25H35FN2O4. The fourth-order valence-corrected chi connectivity index (χ4v) is 4.65. The predicted octanol–water partition coefficient (Wildman–Crippen LogP) is 4.26. The Bertz CT molecular complexity index is 846. The number of halogens is 1. The van der Waals surface area contributed by atoms with Crippen molar-refractivity contribution in [2.24, 2.45) is 17.8 Å². The first-order valence-electron chi connectivity index (χ1n) is 11.8. The minimum Gasteiger partial charge on any atom is -0.493 e. The molecular weight excluding hydrogens is 411 g/mol. The Hall–Kier alpha value is -2.31. The first-order valence-corrected chi connectivity index (χ1v) is 11.8. The third kappa shape index (κ3) is 5.73. The van der Waals surface area contributed by atoms with Crippen LogP contribution in [0.3, 0.4) is 0 Å². The van der Waals surface area contributed by atoms with E-state index in [2.05, 4.69) is 0 Å². The van der Waals surface area contributed by atoms with Crippen LogP contribution in [-0.4, -0.2) is 61.2 Å². The van der Waals surface area contributed by atoms with Crippen LogP contribution in [0, 0.1) is 23.6 Å². The maximum atomic E-state index is 14.3. The van der Waals surface area contributed by atoms with E-state index < -0.39 is 5.82 Å². The second-order valence-corrected chi connectivity index (χ2v) is 10.2. The maximum absolute atomic E-state index is 14.3. The van der Waals surface area contributed by atoms with Gasteiger partial charge in [-0.1, -0.05) is 6.07 Å². The van der Waals surface area contributed by atoms with Crippen molar-refractivity contribution in [2.75, 3.05) is 33.8 Å². The number of hydrogen-bond donors (Lipinski definition) is 0. The molecule has 7 heteroatoms. The van der Waals surface area contributed by atoms with Gasteiger partial charge in [-0.05, 0) is 74.8 Å². The van der Waals surface area contributed by atoms with Crippen molar-refractivity contribution in [3.63, 3.8) is 0 Å². The summed E-state index contributed by atoms with van der Waals surface area (Å²) in [5.41, 5.74) is 0.183. The molecule has 176 valence electrons. The third-order valence-electron chi connectivity index (χ3n) is 7.29. The Balaban J connectivity index is 1.14. The lowest BCUT2D eigenvalue weighted by molar-refractivity contribution is -0.128. The Morgan fingerprint density at radius 3 is 2.56 bits per heavy atom. The van der Waals surface area contributed by atoms with Crippen LogP contribution >= 0.6 is 0 Å². The van der Waals surface area contributed by atoms with Gasteiger partial charge in [0.2, 0.25) is 5.91 Å². The van der Waals surface area contributed by atoms with E-state index in [0.29, 0.717) is 35.7 Å². The first-order chi connectivity index (χ1) is 15.2. The van der Waals surface area contributed by atoms with Crippen LogP contribution in [-0.2, 0) is 16.0 Å². The first kappa shape index (κ1) is 22.9. The summed E-state index contributed by atoms with van der Waals surface area (Å²) in [4.78, 5) is 27.4. The molecule has 0 radical (unpaired) electrons. The number of benzene rings is 1. The van der Waals surface area contributed by atoms with Gasteiger partial charge in [0.05, 0.1) is 13.0 Å². The SMILES string of the molecule is CN(C)C(=O)Cc1ccc(OCC[C@@H]2C[C@@H]2C2CCN(C(=O)OC3(C)CC3)CC2)cc1F. The summed E-state index contributed by atoms with van der Waals surface area (Å²) in [7, 11) is 3.32. The molecule has 1 aliphatic heterocycles. The van der Waals surface area contributed by atoms with E-state index in [1.807, 2.05) is 11.8 Å². The van der Waals surface area contributed by atoms with E-state index in [-0.39, 0.29) is 24.0 Å². The minimum atomic E-state index is -0.400. The van der Waals surface area contributed by atoms with E-state index >= 15 is 0 Å². The minimum absolute atomic E-state index is 0.0543.